The van der Waals surface area contributed by atoms with Crippen molar-refractivity contribution in [2.75, 3.05) is 19.3 Å². The Bertz CT molecular complexity index is 490. The lowest BCUT2D eigenvalue weighted by Crippen LogP contribution is -2.30. The fraction of sp³-hybridized carbons (Fsp3) is 0.400. The SMILES string of the molecule is CNCC(O)CS(=O)(=O)c1cc(Cl)ccc1Cl. The third kappa shape index (κ3) is 4.12. The standard InChI is InChI=1S/C10H13Cl2NO3S/c1-13-5-8(14)6-17(15,16)10-4-7(11)2-3-9(10)12/h2-4,8,13-14H,5-6H2,1H3. The smallest absolute Gasteiger partial charge is 0.182 e. The van der Waals surface area contributed by atoms with E-state index < -0.39 is 21.7 Å². The van der Waals surface area contributed by atoms with E-state index in [0.29, 0.717) is 0 Å². The van der Waals surface area contributed by atoms with Gasteiger partial charge in [-0.2, -0.15) is 0 Å². The Morgan fingerprint density at radius 3 is 2.65 bits per heavy atom. The average Bonchev–Trinajstić information content (AvgIpc) is 2.21. The molecule has 7 heteroatoms. The molecule has 0 spiro atoms. The number of hydrogen-bond donors (Lipinski definition) is 2. The lowest BCUT2D eigenvalue weighted by atomic mass is 10.4. The quantitative estimate of drug-likeness (QED) is 0.861. The van der Waals surface area contributed by atoms with Crippen molar-refractivity contribution in [1.29, 1.82) is 0 Å². The van der Waals surface area contributed by atoms with E-state index in [4.69, 9.17) is 23.2 Å². The largest absolute Gasteiger partial charge is 0.391 e. The second-order valence-corrected chi connectivity index (χ2v) is 6.41. The molecule has 0 saturated carbocycles. The molecule has 1 aromatic carbocycles. The van der Waals surface area contributed by atoms with Crippen LogP contribution in [-0.4, -0.2) is 39.0 Å². The zero-order valence-electron chi connectivity index (χ0n) is 9.15. The molecule has 1 rings (SSSR count). The fourth-order valence-electron chi connectivity index (χ4n) is 1.35. The van der Waals surface area contributed by atoms with Gasteiger partial charge in [-0.15, -0.1) is 0 Å². The molecule has 0 aliphatic carbocycles. The Hall–Kier alpha value is -0.330. The monoisotopic (exact) mass is 297 g/mol. The van der Waals surface area contributed by atoms with Crippen molar-refractivity contribution < 1.29 is 13.5 Å². The number of benzene rings is 1. The molecule has 0 amide bonds. The van der Waals surface area contributed by atoms with Crippen LogP contribution in [0.15, 0.2) is 23.1 Å². The van der Waals surface area contributed by atoms with Gasteiger partial charge in [0.05, 0.1) is 21.8 Å². The van der Waals surface area contributed by atoms with Gasteiger partial charge in [0.2, 0.25) is 0 Å². The van der Waals surface area contributed by atoms with Crippen molar-refractivity contribution >= 4 is 33.0 Å². The van der Waals surface area contributed by atoms with E-state index in [1.165, 1.54) is 18.2 Å². The number of nitrogens with one attached hydrogen (secondary N) is 1. The van der Waals surface area contributed by atoms with Crippen molar-refractivity contribution in [3.8, 4) is 0 Å². The Morgan fingerprint density at radius 2 is 2.06 bits per heavy atom. The van der Waals surface area contributed by atoms with E-state index in [0.717, 1.165) is 0 Å². The minimum atomic E-state index is -3.64. The topological polar surface area (TPSA) is 66.4 Å². The van der Waals surface area contributed by atoms with Gasteiger partial charge in [0.25, 0.3) is 0 Å². The van der Waals surface area contributed by atoms with Crippen molar-refractivity contribution in [2.45, 2.75) is 11.0 Å². The second kappa shape index (κ2) is 6.02. The number of halogens is 2. The van der Waals surface area contributed by atoms with Crippen LogP contribution >= 0.6 is 23.2 Å². The van der Waals surface area contributed by atoms with Gasteiger partial charge in [-0.25, -0.2) is 8.42 Å². The first-order valence-electron chi connectivity index (χ1n) is 4.87. The number of aliphatic hydroxyl groups excluding tert-OH is 1. The molecule has 0 radical (unpaired) electrons. The maximum atomic E-state index is 12.0. The molecule has 0 fully saturated rings. The molecule has 96 valence electrons. The lowest BCUT2D eigenvalue weighted by Gasteiger charge is -2.11. The van der Waals surface area contributed by atoms with E-state index in [1.54, 1.807) is 7.05 Å². The van der Waals surface area contributed by atoms with E-state index >= 15 is 0 Å². The highest BCUT2D eigenvalue weighted by Gasteiger charge is 2.22. The molecule has 0 aliphatic heterocycles. The van der Waals surface area contributed by atoms with Crippen LogP contribution in [0, 0.1) is 0 Å². The van der Waals surface area contributed by atoms with Crippen LogP contribution in [0.2, 0.25) is 10.0 Å². The fourth-order valence-corrected chi connectivity index (χ4v) is 3.54. The molecule has 17 heavy (non-hydrogen) atoms. The van der Waals surface area contributed by atoms with Crippen molar-refractivity contribution in [1.82, 2.24) is 5.32 Å². The molecular weight excluding hydrogens is 285 g/mol. The highest BCUT2D eigenvalue weighted by molar-refractivity contribution is 7.91. The van der Waals surface area contributed by atoms with E-state index in [9.17, 15) is 13.5 Å². The van der Waals surface area contributed by atoms with Crippen LogP contribution in [0.5, 0.6) is 0 Å². The maximum Gasteiger partial charge on any atom is 0.182 e. The highest BCUT2D eigenvalue weighted by atomic mass is 35.5. The summed E-state index contributed by atoms with van der Waals surface area (Å²) in [6, 6.07) is 4.21. The molecule has 2 N–H and O–H groups in total. The highest BCUT2D eigenvalue weighted by Crippen LogP contribution is 2.26. The predicted octanol–water partition coefficient (Wildman–Crippen LogP) is 1.35. The average molecular weight is 298 g/mol. The van der Waals surface area contributed by atoms with Gasteiger partial charge in [-0.1, -0.05) is 23.2 Å². The zero-order chi connectivity index (χ0) is 13.1. The normalized spacial score (nSPS) is 13.6. The minimum Gasteiger partial charge on any atom is -0.391 e. The number of rotatable bonds is 5. The summed E-state index contributed by atoms with van der Waals surface area (Å²) in [6.45, 7) is 0.192. The first-order valence-corrected chi connectivity index (χ1v) is 7.28. The van der Waals surface area contributed by atoms with Crippen LogP contribution in [0.1, 0.15) is 0 Å². The molecule has 0 aliphatic rings. The maximum absolute atomic E-state index is 12.0. The van der Waals surface area contributed by atoms with E-state index in [1.807, 2.05) is 0 Å². The summed E-state index contributed by atoms with van der Waals surface area (Å²) >= 11 is 11.5. The molecule has 0 saturated heterocycles. The Kier molecular flexibility index (Phi) is 5.22. The summed E-state index contributed by atoms with van der Waals surface area (Å²) < 4.78 is 23.9. The number of likely N-dealkylation sites (N-methyl/N-ethyl adjacent to an activating group) is 1. The van der Waals surface area contributed by atoms with Gasteiger partial charge in [-0.3, -0.25) is 0 Å². The summed E-state index contributed by atoms with van der Waals surface area (Å²) in [5.41, 5.74) is 0. The van der Waals surface area contributed by atoms with Crippen molar-refractivity contribution in [2.24, 2.45) is 0 Å². The van der Waals surface area contributed by atoms with Crippen LogP contribution < -0.4 is 5.32 Å². The molecule has 1 unspecified atom stereocenters. The minimum absolute atomic E-state index is 0.0539. The Labute approximate surface area is 110 Å². The van der Waals surface area contributed by atoms with Crippen LogP contribution in [0.3, 0.4) is 0 Å². The molecule has 1 aromatic rings. The summed E-state index contributed by atoms with van der Waals surface area (Å²) in [4.78, 5) is -0.0539. The number of sulfone groups is 1. The molecule has 0 aromatic heterocycles. The first kappa shape index (κ1) is 14.7. The van der Waals surface area contributed by atoms with Crippen LogP contribution in [-0.2, 0) is 9.84 Å². The third-order valence-corrected chi connectivity index (χ3v) is 4.59. The van der Waals surface area contributed by atoms with Crippen LogP contribution in [0.4, 0.5) is 0 Å². The molecular formula is C10H13Cl2NO3S. The van der Waals surface area contributed by atoms with Gasteiger partial charge in [0.15, 0.2) is 9.84 Å². The van der Waals surface area contributed by atoms with Crippen molar-refractivity contribution in [3.63, 3.8) is 0 Å². The van der Waals surface area contributed by atoms with Crippen LogP contribution in [0.25, 0.3) is 0 Å². The molecule has 0 heterocycles. The van der Waals surface area contributed by atoms with Gasteiger partial charge in [0.1, 0.15) is 0 Å². The summed E-state index contributed by atoms with van der Waals surface area (Å²) in [5, 5.41) is 12.6. The Balaban J connectivity index is 3.01. The third-order valence-electron chi connectivity index (χ3n) is 2.08. The first-order chi connectivity index (χ1) is 7.86. The van der Waals surface area contributed by atoms with Gasteiger partial charge < -0.3 is 10.4 Å². The summed E-state index contributed by atoms with van der Waals surface area (Å²) in [7, 11) is -2.01. The van der Waals surface area contributed by atoms with Gasteiger partial charge >= 0.3 is 0 Å². The summed E-state index contributed by atoms with van der Waals surface area (Å²) in [5.74, 6) is -0.395. The summed E-state index contributed by atoms with van der Waals surface area (Å²) in [6.07, 6.45) is -0.986. The van der Waals surface area contributed by atoms with E-state index in [2.05, 4.69) is 5.32 Å². The zero-order valence-corrected chi connectivity index (χ0v) is 11.5. The second-order valence-electron chi connectivity index (χ2n) is 3.57. The molecule has 4 nitrogen and oxygen atoms in total. The predicted molar refractivity (Wildman–Crippen MR) is 68.4 cm³/mol. The van der Waals surface area contributed by atoms with Gasteiger partial charge in [-0.05, 0) is 25.2 Å². The molecule has 1 atom stereocenters. The number of aliphatic hydroxyl groups is 1. The van der Waals surface area contributed by atoms with E-state index in [-0.39, 0.29) is 21.5 Å². The lowest BCUT2D eigenvalue weighted by molar-refractivity contribution is 0.197. The van der Waals surface area contributed by atoms with Crippen molar-refractivity contribution in [3.05, 3.63) is 28.2 Å². The van der Waals surface area contributed by atoms with Gasteiger partial charge in [0, 0.05) is 11.6 Å². The molecule has 0 bridgehead atoms. The Morgan fingerprint density at radius 1 is 1.41 bits per heavy atom. The number of hydrogen-bond acceptors (Lipinski definition) is 4.